The Bertz CT molecular complexity index is 1230. The zero-order valence-corrected chi connectivity index (χ0v) is 18.7. The van der Waals surface area contributed by atoms with Crippen LogP contribution in [0.15, 0.2) is 78.9 Å². The third-order valence-electron chi connectivity index (χ3n) is 4.86. The van der Waals surface area contributed by atoms with Gasteiger partial charge in [0.2, 0.25) is 5.82 Å². The second-order valence-electron chi connectivity index (χ2n) is 7.08. The summed E-state index contributed by atoms with van der Waals surface area (Å²) in [7, 11) is 1.49. The molecule has 4 rings (SSSR count). The smallest absolute Gasteiger partial charge is 0.309 e. The van der Waals surface area contributed by atoms with Gasteiger partial charge < -0.3 is 9.47 Å². The van der Waals surface area contributed by atoms with E-state index >= 15 is 0 Å². The van der Waals surface area contributed by atoms with E-state index in [-0.39, 0.29) is 11.4 Å². The summed E-state index contributed by atoms with van der Waals surface area (Å²) in [5, 5.41) is 4.37. The molecule has 0 bridgehead atoms. The Morgan fingerprint density at radius 2 is 1.56 bits per heavy atom. The Balaban J connectivity index is 1.53. The topological polar surface area (TPSA) is 107 Å². The second-order valence-corrected chi connectivity index (χ2v) is 7.08. The van der Waals surface area contributed by atoms with Crippen LogP contribution in [-0.4, -0.2) is 40.3 Å². The first-order chi connectivity index (χ1) is 16.6. The number of carbonyl (C=O) groups excluding carboxylic acids is 2. The van der Waals surface area contributed by atoms with Crippen molar-refractivity contribution < 1.29 is 19.1 Å². The number of hydrogen-bond donors (Lipinski definition) is 2. The van der Waals surface area contributed by atoms with Crippen LogP contribution in [0.4, 0.5) is 0 Å². The fourth-order valence-electron chi connectivity index (χ4n) is 3.26. The van der Waals surface area contributed by atoms with E-state index in [0.717, 1.165) is 11.3 Å². The molecule has 9 nitrogen and oxygen atoms in total. The normalized spacial score (nSPS) is 10.4. The number of nitrogens with zero attached hydrogens (tertiary/aromatic N) is 3. The summed E-state index contributed by atoms with van der Waals surface area (Å²) in [5.74, 6) is 0.164. The number of amides is 2. The predicted octanol–water partition coefficient (Wildman–Crippen LogP) is 3.42. The van der Waals surface area contributed by atoms with E-state index in [9.17, 15) is 9.59 Å². The van der Waals surface area contributed by atoms with Crippen LogP contribution in [-0.2, 0) is 0 Å². The lowest BCUT2D eigenvalue weighted by molar-refractivity contribution is 0.0841. The third kappa shape index (κ3) is 4.88. The minimum absolute atomic E-state index is 0.0905. The van der Waals surface area contributed by atoms with Gasteiger partial charge in [-0.25, -0.2) is 9.67 Å². The number of ether oxygens (including phenoxy) is 2. The first-order valence-electron chi connectivity index (χ1n) is 10.6. The lowest BCUT2D eigenvalue weighted by atomic mass is 10.2. The summed E-state index contributed by atoms with van der Waals surface area (Å²) in [6.45, 7) is 2.32. The van der Waals surface area contributed by atoms with Crippen LogP contribution in [0.25, 0.3) is 17.1 Å². The molecule has 0 atom stereocenters. The van der Waals surface area contributed by atoms with Gasteiger partial charge in [0.25, 0.3) is 5.91 Å². The van der Waals surface area contributed by atoms with Gasteiger partial charge in [0.1, 0.15) is 0 Å². The zero-order chi connectivity index (χ0) is 23.9. The number of hydrogen-bond acceptors (Lipinski definition) is 6. The number of hydrazine groups is 1. The summed E-state index contributed by atoms with van der Waals surface area (Å²) in [5.41, 5.74) is 6.58. The molecule has 34 heavy (non-hydrogen) atoms. The summed E-state index contributed by atoms with van der Waals surface area (Å²) in [6, 6.07) is 23.5. The molecule has 0 aliphatic carbocycles. The molecule has 1 aromatic heterocycles. The van der Waals surface area contributed by atoms with Gasteiger partial charge in [-0.1, -0.05) is 48.5 Å². The van der Waals surface area contributed by atoms with Gasteiger partial charge in [-0.3, -0.25) is 20.4 Å². The van der Waals surface area contributed by atoms with Gasteiger partial charge in [-0.2, -0.15) is 0 Å². The molecule has 0 aliphatic heterocycles. The average molecular weight is 457 g/mol. The van der Waals surface area contributed by atoms with Crippen molar-refractivity contribution in [3.63, 3.8) is 0 Å². The SMILES string of the molecule is CCOc1ccc(C(=O)NNC(=O)c2nc(-c3ccccc3)n(-c3ccccc3)n2)cc1OC. The second kappa shape index (κ2) is 10.3. The highest BCUT2D eigenvalue weighted by atomic mass is 16.5. The quantitative estimate of drug-likeness (QED) is 0.412. The molecule has 0 unspecified atom stereocenters. The van der Waals surface area contributed by atoms with E-state index in [4.69, 9.17) is 9.47 Å². The van der Waals surface area contributed by atoms with Crippen LogP contribution < -0.4 is 20.3 Å². The van der Waals surface area contributed by atoms with Crippen LogP contribution >= 0.6 is 0 Å². The van der Waals surface area contributed by atoms with Gasteiger partial charge in [0.05, 0.1) is 19.4 Å². The largest absolute Gasteiger partial charge is 0.493 e. The highest BCUT2D eigenvalue weighted by Crippen LogP contribution is 2.28. The average Bonchev–Trinajstić information content (AvgIpc) is 3.34. The molecule has 1 heterocycles. The number of rotatable bonds is 7. The number of nitrogens with one attached hydrogen (secondary N) is 2. The van der Waals surface area contributed by atoms with Gasteiger partial charge >= 0.3 is 5.91 Å². The Morgan fingerprint density at radius 3 is 2.24 bits per heavy atom. The van der Waals surface area contributed by atoms with E-state index in [1.54, 1.807) is 16.8 Å². The standard InChI is InChI=1S/C25H23N5O4/c1-3-34-20-15-14-18(16-21(20)33-2)24(31)27-28-25(32)22-26-23(17-10-6-4-7-11-17)30(29-22)19-12-8-5-9-13-19/h4-16H,3H2,1-2H3,(H,27,31)(H,28,32). The van der Waals surface area contributed by atoms with Gasteiger partial charge in [-0.15, -0.1) is 5.10 Å². The zero-order valence-electron chi connectivity index (χ0n) is 18.7. The van der Waals surface area contributed by atoms with Crippen LogP contribution in [0.5, 0.6) is 11.5 Å². The molecule has 0 saturated heterocycles. The Morgan fingerprint density at radius 1 is 0.882 bits per heavy atom. The molecule has 0 aliphatic rings. The van der Waals surface area contributed by atoms with Crippen molar-refractivity contribution in [1.82, 2.24) is 25.6 Å². The highest BCUT2D eigenvalue weighted by Gasteiger charge is 2.20. The molecule has 0 saturated carbocycles. The molecule has 2 N–H and O–H groups in total. The summed E-state index contributed by atoms with van der Waals surface area (Å²) in [6.07, 6.45) is 0. The molecule has 0 radical (unpaired) electrons. The fraction of sp³-hybridized carbons (Fsp3) is 0.120. The Labute approximate surface area is 196 Å². The third-order valence-corrected chi connectivity index (χ3v) is 4.86. The van der Waals surface area contributed by atoms with Gasteiger partial charge in [0.15, 0.2) is 17.3 Å². The van der Waals surface area contributed by atoms with Crippen molar-refractivity contribution in [2.75, 3.05) is 13.7 Å². The Kier molecular flexibility index (Phi) is 6.83. The maximum absolute atomic E-state index is 12.8. The fourth-order valence-corrected chi connectivity index (χ4v) is 3.26. The van der Waals surface area contributed by atoms with E-state index in [2.05, 4.69) is 20.9 Å². The van der Waals surface area contributed by atoms with Crippen LogP contribution in [0.2, 0.25) is 0 Å². The summed E-state index contributed by atoms with van der Waals surface area (Å²) >= 11 is 0. The van der Waals surface area contributed by atoms with Crippen molar-refractivity contribution in [2.24, 2.45) is 0 Å². The highest BCUT2D eigenvalue weighted by molar-refractivity contribution is 5.98. The first kappa shape index (κ1) is 22.5. The minimum Gasteiger partial charge on any atom is -0.493 e. The number of methoxy groups -OCH3 is 1. The molecule has 0 fully saturated rings. The van der Waals surface area contributed by atoms with Crippen LogP contribution in [0.1, 0.15) is 27.9 Å². The molecular formula is C25H23N5O4. The molecular weight excluding hydrogens is 434 g/mol. The first-order valence-corrected chi connectivity index (χ1v) is 10.6. The molecule has 172 valence electrons. The van der Waals surface area contributed by atoms with E-state index in [1.165, 1.54) is 13.2 Å². The molecule has 9 heteroatoms. The van der Waals surface area contributed by atoms with Gasteiger partial charge in [-0.05, 0) is 37.3 Å². The lowest BCUT2D eigenvalue weighted by Crippen LogP contribution is -2.42. The van der Waals surface area contributed by atoms with Crippen molar-refractivity contribution in [1.29, 1.82) is 0 Å². The molecule has 4 aromatic rings. The maximum Gasteiger partial charge on any atom is 0.309 e. The number of benzene rings is 3. The van der Waals surface area contributed by atoms with Crippen molar-refractivity contribution in [3.05, 3.63) is 90.3 Å². The van der Waals surface area contributed by atoms with Crippen molar-refractivity contribution in [2.45, 2.75) is 6.92 Å². The van der Waals surface area contributed by atoms with Crippen LogP contribution in [0, 0.1) is 0 Å². The van der Waals surface area contributed by atoms with E-state index in [0.29, 0.717) is 23.9 Å². The maximum atomic E-state index is 12.8. The number of para-hydroxylation sites is 1. The monoisotopic (exact) mass is 457 g/mol. The molecule has 3 aromatic carbocycles. The minimum atomic E-state index is -0.655. The predicted molar refractivity (Wildman–Crippen MR) is 126 cm³/mol. The lowest BCUT2D eigenvalue weighted by Gasteiger charge is -2.11. The van der Waals surface area contributed by atoms with E-state index < -0.39 is 11.8 Å². The van der Waals surface area contributed by atoms with Gasteiger partial charge in [0, 0.05) is 11.1 Å². The molecule has 2 amide bonds. The number of aromatic nitrogens is 3. The molecule has 0 spiro atoms. The Hall–Kier alpha value is -4.66. The van der Waals surface area contributed by atoms with Crippen molar-refractivity contribution >= 4 is 11.8 Å². The summed E-state index contributed by atoms with van der Waals surface area (Å²) < 4.78 is 12.3. The summed E-state index contributed by atoms with van der Waals surface area (Å²) in [4.78, 5) is 29.7. The number of carbonyl (C=O) groups is 2. The van der Waals surface area contributed by atoms with E-state index in [1.807, 2.05) is 67.6 Å². The van der Waals surface area contributed by atoms with Crippen molar-refractivity contribution in [3.8, 4) is 28.6 Å². The van der Waals surface area contributed by atoms with Crippen LogP contribution in [0.3, 0.4) is 0 Å².